The molecule has 132 valence electrons. The van der Waals surface area contributed by atoms with E-state index in [4.69, 9.17) is 4.74 Å². The maximum Gasteiger partial charge on any atom is 0.302 e. The first-order valence-corrected chi connectivity index (χ1v) is 9.46. The van der Waals surface area contributed by atoms with Crippen molar-refractivity contribution in [2.24, 2.45) is 11.3 Å². The van der Waals surface area contributed by atoms with Gasteiger partial charge in [0.05, 0.1) is 0 Å². The molecule has 0 N–H and O–H groups in total. The molecule has 1 unspecified atom stereocenters. The van der Waals surface area contributed by atoms with Gasteiger partial charge in [0.1, 0.15) is 6.10 Å². The Kier molecular flexibility index (Phi) is 4.30. The topological polar surface area (TPSA) is 26.3 Å². The van der Waals surface area contributed by atoms with Crippen molar-refractivity contribution in [3.8, 4) is 0 Å². The van der Waals surface area contributed by atoms with Gasteiger partial charge < -0.3 is 4.74 Å². The van der Waals surface area contributed by atoms with Gasteiger partial charge in [0, 0.05) is 12.3 Å². The second-order valence-corrected chi connectivity index (χ2v) is 9.04. The maximum absolute atomic E-state index is 11.5. The first-order chi connectivity index (χ1) is 11.2. The Hall–Kier alpha value is -1.31. The van der Waals surface area contributed by atoms with E-state index >= 15 is 0 Å². The molecular weight excluding hydrogens is 296 g/mol. The standard InChI is InChI=1S/C22H32O2/c1-14(2)16-7-9-18-17(13-16)8-10-19-21(4,5)20(24-15(3)23)11-12-22(18,19)6/h7,9,13-14,19-20H,8,10-12H2,1-6H3/t19?,20-,22-/m1/s1. The monoisotopic (exact) mass is 328 g/mol. The average molecular weight is 328 g/mol. The summed E-state index contributed by atoms with van der Waals surface area (Å²) < 4.78 is 5.70. The van der Waals surface area contributed by atoms with Crippen LogP contribution in [0.1, 0.15) is 83.4 Å². The Bertz CT molecular complexity index is 643. The van der Waals surface area contributed by atoms with Gasteiger partial charge in [-0.1, -0.05) is 52.8 Å². The molecule has 0 spiro atoms. The lowest BCUT2D eigenvalue weighted by atomic mass is 9.49. The van der Waals surface area contributed by atoms with Gasteiger partial charge in [0.2, 0.25) is 0 Å². The number of carbonyl (C=O) groups excluding carboxylic acids is 1. The van der Waals surface area contributed by atoms with Crippen LogP contribution >= 0.6 is 0 Å². The fourth-order valence-electron chi connectivity index (χ4n) is 5.48. The number of benzene rings is 1. The Morgan fingerprint density at radius 1 is 1.21 bits per heavy atom. The molecule has 0 saturated heterocycles. The molecule has 1 aromatic carbocycles. The van der Waals surface area contributed by atoms with E-state index in [1.165, 1.54) is 24.5 Å². The van der Waals surface area contributed by atoms with Crippen LogP contribution in [0.4, 0.5) is 0 Å². The summed E-state index contributed by atoms with van der Waals surface area (Å²) in [5.41, 5.74) is 4.75. The summed E-state index contributed by atoms with van der Waals surface area (Å²) in [5.74, 6) is 0.993. The van der Waals surface area contributed by atoms with Crippen molar-refractivity contribution >= 4 is 5.97 Å². The quantitative estimate of drug-likeness (QED) is 0.681. The molecule has 1 saturated carbocycles. The highest BCUT2D eigenvalue weighted by atomic mass is 16.5. The largest absolute Gasteiger partial charge is 0.462 e. The van der Waals surface area contributed by atoms with E-state index in [2.05, 4.69) is 52.8 Å². The lowest BCUT2D eigenvalue weighted by Crippen LogP contribution is -2.54. The van der Waals surface area contributed by atoms with Crippen molar-refractivity contribution in [3.63, 3.8) is 0 Å². The SMILES string of the molecule is CC(=O)O[C@@H]1CC[C@]2(C)c3ccc(C(C)C)cc3CCC2C1(C)C. The molecule has 2 aliphatic rings. The van der Waals surface area contributed by atoms with Gasteiger partial charge in [-0.3, -0.25) is 4.79 Å². The smallest absolute Gasteiger partial charge is 0.302 e. The molecule has 1 fully saturated rings. The fraction of sp³-hybridized carbons (Fsp3) is 0.682. The number of ether oxygens (including phenoxy) is 1. The van der Waals surface area contributed by atoms with Crippen LogP contribution in [0.5, 0.6) is 0 Å². The van der Waals surface area contributed by atoms with Crippen molar-refractivity contribution in [1.82, 2.24) is 0 Å². The second-order valence-electron chi connectivity index (χ2n) is 9.04. The minimum absolute atomic E-state index is 0.0209. The summed E-state index contributed by atoms with van der Waals surface area (Å²) in [7, 11) is 0. The van der Waals surface area contributed by atoms with E-state index < -0.39 is 0 Å². The van der Waals surface area contributed by atoms with E-state index in [1.54, 1.807) is 5.56 Å². The molecule has 0 radical (unpaired) electrons. The van der Waals surface area contributed by atoms with Crippen LogP contribution < -0.4 is 0 Å². The molecule has 0 aliphatic heterocycles. The van der Waals surface area contributed by atoms with Gasteiger partial charge in [0.15, 0.2) is 0 Å². The molecule has 2 heteroatoms. The molecule has 0 bridgehead atoms. The predicted octanol–water partition coefficient (Wildman–Crippen LogP) is 5.38. The highest BCUT2D eigenvalue weighted by Crippen LogP contribution is 2.57. The summed E-state index contributed by atoms with van der Waals surface area (Å²) in [5, 5.41) is 0. The number of aryl methyl sites for hydroxylation is 1. The van der Waals surface area contributed by atoms with Crippen LogP contribution in [0.3, 0.4) is 0 Å². The lowest BCUT2D eigenvalue weighted by molar-refractivity contribution is -0.163. The zero-order valence-corrected chi connectivity index (χ0v) is 16.1. The number of rotatable bonds is 2. The summed E-state index contributed by atoms with van der Waals surface area (Å²) in [6.07, 6.45) is 4.45. The van der Waals surface area contributed by atoms with Crippen LogP contribution in [0.15, 0.2) is 18.2 Å². The van der Waals surface area contributed by atoms with E-state index in [1.807, 2.05) is 0 Å². The van der Waals surface area contributed by atoms with Crippen molar-refractivity contribution in [3.05, 3.63) is 34.9 Å². The molecule has 1 aromatic rings. The van der Waals surface area contributed by atoms with Gasteiger partial charge in [-0.15, -0.1) is 0 Å². The molecule has 2 nitrogen and oxygen atoms in total. The van der Waals surface area contributed by atoms with Gasteiger partial charge in [-0.05, 0) is 59.6 Å². The third-order valence-corrected chi connectivity index (χ3v) is 6.84. The van der Waals surface area contributed by atoms with Crippen molar-refractivity contribution in [2.75, 3.05) is 0 Å². The van der Waals surface area contributed by atoms with Crippen molar-refractivity contribution < 1.29 is 9.53 Å². The first-order valence-electron chi connectivity index (χ1n) is 9.46. The fourth-order valence-corrected chi connectivity index (χ4v) is 5.48. The maximum atomic E-state index is 11.5. The molecule has 2 aliphatic carbocycles. The minimum Gasteiger partial charge on any atom is -0.462 e. The molecule has 0 heterocycles. The normalized spacial score (nSPS) is 31.3. The van der Waals surface area contributed by atoms with Crippen LogP contribution in [-0.2, 0) is 21.4 Å². The average Bonchev–Trinajstić information content (AvgIpc) is 2.49. The van der Waals surface area contributed by atoms with Crippen molar-refractivity contribution in [2.45, 2.75) is 84.7 Å². The van der Waals surface area contributed by atoms with Crippen LogP contribution in [0.25, 0.3) is 0 Å². The molecular formula is C22H32O2. The lowest BCUT2D eigenvalue weighted by Gasteiger charge is -2.56. The predicted molar refractivity (Wildman–Crippen MR) is 98.3 cm³/mol. The minimum atomic E-state index is -0.144. The zero-order chi connectivity index (χ0) is 17.7. The van der Waals surface area contributed by atoms with E-state index in [0.29, 0.717) is 11.8 Å². The Balaban J connectivity index is 1.98. The van der Waals surface area contributed by atoms with Crippen LogP contribution in [-0.4, -0.2) is 12.1 Å². The molecule has 0 amide bonds. The highest BCUT2D eigenvalue weighted by Gasteiger charge is 2.54. The van der Waals surface area contributed by atoms with E-state index in [-0.39, 0.29) is 22.9 Å². The number of hydrogen-bond donors (Lipinski definition) is 0. The van der Waals surface area contributed by atoms with Crippen molar-refractivity contribution in [1.29, 1.82) is 0 Å². The third kappa shape index (κ3) is 2.68. The highest BCUT2D eigenvalue weighted by molar-refractivity contribution is 5.66. The van der Waals surface area contributed by atoms with E-state index in [9.17, 15) is 4.79 Å². The Labute approximate surface area is 147 Å². The molecule has 3 rings (SSSR count). The van der Waals surface area contributed by atoms with Gasteiger partial charge in [0.25, 0.3) is 0 Å². The van der Waals surface area contributed by atoms with Crippen LogP contribution in [0, 0.1) is 11.3 Å². The number of esters is 1. The van der Waals surface area contributed by atoms with Gasteiger partial charge in [-0.25, -0.2) is 0 Å². The summed E-state index contributed by atoms with van der Waals surface area (Å²) in [4.78, 5) is 11.5. The molecule has 0 aromatic heterocycles. The van der Waals surface area contributed by atoms with Gasteiger partial charge >= 0.3 is 5.97 Å². The Morgan fingerprint density at radius 2 is 1.92 bits per heavy atom. The number of fused-ring (bicyclic) bond motifs is 3. The van der Waals surface area contributed by atoms with Crippen LogP contribution in [0.2, 0.25) is 0 Å². The van der Waals surface area contributed by atoms with Gasteiger partial charge in [-0.2, -0.15) is 0 Å². The zero-order valence-electron chi connectivity index (χ0n) is 16.1. The van der Waals surface area contributed by atoms with E-state index in [0.717, 1.165) is 19.3 Å². The second kappa shape index (κ2) is 5.89. The summed E-state index contributed by atoms with van der Waals surface area (Å²) in [6.45, 7) is 13.1. The Morgan fingerprint density at radius 3 is 2.54 bits per heavy atom. The number of hydrogen-bond acceptors (Lipinski definition) is 2. The summed E-state index contributed by atoms with van der Waals surface area (Å²) in [6, 6.07) is 7.15. The third-order valence-electron chi connectivity index (χ3n) is 6.84. The first kappa shape index (κ1) is 17.5. The number of carbonyl (C=O) groups is 1. The summed E-state index contributed by atoms with van der Waals surface area (Å²) >= 11 is 0. The molecule has 24 heavy (non-hydrogen) atoms. The molecule has 3 atom stereocenters.